The molecule has 3 aromatic heterocycles. The van der Waals surface area contributed by atoms with Gasteiger partial charge in [0.15, 0.2) is 0 Å². The Morgan fingerprint density at radius 1 is 1.30 bits per heavy atom. The highest BCUT2D eigenvalue weighted by molar-refractivity contribution is 5.76. The second kappa shape index (κ2) is 5.61. The predicted molar refractivity (Wildman–Crippen MR) is 74.1 cm³/mol. The molecule has 0 aliphatic rings. The number of amides is 1. The van der Waals surface area contributed by atoms with Gasteiger partial charge in [0.25, 0.3) is 0 Å². The van der Waals surface area contributed by atoms with Crippen LogP contribution in [0.5, 0.6) is 0 Å². The summed E-state index contributed by atoms with van der Waals surface area (Å²) in [7, 11) is 0. The van der Waals surface area contributed by atoms with E-state index < -0.39 is 0 Å². The van der Waals surface area contributed by atoms with Gasteiger partial charge in [0.2, 0.25) is 5.91 Å². The van der Waals surface area contributed by atoms with Gasteiger partial charge in [-0.1, -0.05) is 6.07 Å². The molecule has 1 N–H and O–H groups in total. The zero-order chi connectivity index (χ0) is 13.8. The van der Waals surface area contributed by atoms with Crippen LogP contribution in [0.3, 0.4) is 0 Å². The molecule has 5 nitrogen and oxygen atoms in total. The lowest BCUT2D eigenvalue weighted by Gasteiger charge is -2.04. The number of imidazole rings is 1. The molecule has 3 rings (SSSR count). The molecule has 0 saturated carbocycles. The van der Waals surface area contributed by atoms with Gasteiger partial charge < -0.3 is 14.1 Å². The van der Waals surface area contributed by atoms with Crippen molar-refractivity contribution in [2.75, 3.05) is 0 Å². The average molecular weight is 269 g/mol. The van der Waals surface area contributed by atoms with E-state index in [2.05, 4.69) is 10.3 Å². The molecule has 0 radical (unpaired) electrons. The summed E-state index contributed by atoms with van der Waals surface area (Å²) < 4.78 is 7.16. The quantitative estimate of drug-likeness (QED) is 0.772. The highest BCUT2D eigenvalue weighted by Gasteiger charge is 2.06. The Balaban J connectivity index is 1.55. The highest BCUT2D eigenvalue weighted by Crippen LogP contribution is 2.06. The Bertz CT molecular complexity index is 701. The Morgan fingerprint density at radius 2 is 2.25 bits per heavy atom. The van der Waals surface area contributed by atoms with E-state index in [4.69, 9.17) is 4.42 Å². The minimum atomic E-state index is -0.00548. The normalized spacial score (nSPS) is 10.8. The van der Waals surface area contributed by atoms with Crippen molar-refractivity contribution in [2.45, 2.75) is 19.4 Å². The predicted octanol–water partition coefficient (Wildman–Crippen LogP) is 2.18. The van der Waals surface area contributed by atoms with E-state index in [1.54, 1.807) is 12.5 Å². The van der Waals surface area contributed by atoms with E-state index in [1.165, 1.54) is 0 Å². The summed E-state index contributed by atoms with van der Waals surface area (Å²) in [6, 6.07) is 9.58. The third-order valence-corrected chi connectivity index (χ3v) is 3.14. The molecule has 0 aromatic carbocycles. The number of carbonyl (C=O) groups is 1. The van der Waals surface area contributed by atoms with Gasteiger partial charge in [-0.2, -0.15) is 0 Å². The summed E-state index contributed by atoms with van der Waals surface area (Å²) in [6.07, 6.45) is 6.37. The molecule has 5 heteroatoms. The van der Waals surface area contributed by atoms with Gasteiger partial charge in [0.1, 0.15) is 11.6 Å². The van der Waals surface area contributed by atoms with Crippen molar-refractivity contribution in [1.82, 2.24) is 14.7 Å². The van der Waals surface area contributed by atoms with Gasteiger partial charge in [-0.25, -0.2) is 4.98 Å². The molecule has 0 fully saturated rings. The fourth-order valence-corrected chi connectivity index (χ4v) is 2.09. The van der Waals surface area contributed by atoms with Crippen LogP contribution in [0.2, 0.25) is 0 Å². The Hall–Kier alpha value is -2.56. The molecule has 3 heterocycles. The molecule has 0 spiro atoms. The number of hydrogen-bond acceptors (Lipinski definition) is 3. The average Bonchev–Trinajstić information content (AvgIpc) is 3.12. The van der Waals surface area contributed by atoms with E-state index >= 15 is 0 Å². The van der Waals surface area contributed by atoms with Gasteiger partial charge in [0.05, 0.1) is 24.5 Å². The van der Waals surface area contributed by atoms with Crippen LogP contribution in [0.15, 0.2) is 53.4 Å². The topological polar surface area (TPSA) is 59.5 Å². The number of carbonyl (C=O) groups excluding carboxylic acids is 1. The number of pyridine rings is 1. The van der Waals surface area contributed by atoms with Crippen molar-refractivity contribution in [3.05, 3.63) is 60.6 Å². The molecular formula is C15H15N3O2. The van der Waals surface area contributed by atoms with E-state index in [1.807, 2.05) is 40.9 Å². The molecule has 20 heavy (non-hydrogen) atoms. The van der Waals surface area contributed by atoms with Crippen LogP contribution in [0.1, 0.15) is 18.0 Å². The number of furan rings is 1. The highest BCUT2D eigenvalue weighted by atomic mass is 16.3. The van der Waals surface area contributed by atoms with Crippen molar-refractivity contribution < 1.29 is 9.21 Å². The first-order valence-electron chi connectivity index (χ1n) is 6.53. The molecular weight excluding hydrogens is 254 g/mol. The fourth-order valence-electron chi connectivity index (χ4n) is 2.09. The van der Waals surface area contributed by atoms with Gasteiger partial charge in [0, 0.05) is 19.0 Å². The monoisotopic (exact) mass is 269 g/mol. The molecule has 0 bridgehead atoms. The summed E-state index contributed by atoms with van der Waals surface area (Å²) in [6.45, 7) is 0.426. The van der Waals surface area contributed by atoms with Crippen LogP contribution in [0, 0.1) is 0 Å². The first kappa shape index (κ1) is 12.5. The van der Waals surface area contributed by atoms with Crippen molar-refractivity contribution >= 4 is 11.4 Å². The molecule has 1 amide bonds. The van der Waals surface area contributed by atoms with E-state index in [9.17, 15) is 4.79 Å². The molecule has 0 unspecified atom stereocenters. The number of hydrogen-bond donors (Lipinski definition) is 1. The number of aromatic nitrogens is 2. The SMILES string of the molecule is O=C(CCc1ccco1)NCc1ncc2ccccn12. The van der Waals surface area contributed by atoms with Crippen LogP contribution in [-0.4, -0.2) is 15.3 Å². The molecule has 102 valence electrons. The minimum Gasteiger partial charge on any atom is -0.469 e. The fraction of sp³-hybridized carbons (Fsp3) is 0.200. The van der Waals surface area contributed by atoms with Crippen LogP contribution in [0.4, 0.5) is 0 Å². The lowest BCUT2D eigenvalue weighted by Crippen LogP contribution is -2.24. The first-order chi connectivity index (χ1) is 9.83. The van der Waals surface area contributed by atoms with E-state index in [0.717, 1.165) is 17.1 Å². The van der Waals surface area contributed by atoms with E-state index in [-0.39, 0.29) is 5.91 Å². The Morgan fingerprint density at radius 3 is 3.10 bits per heavy atom. The number of nitrogens with zero attached hydrogens (tertiary/aromatic N) is 2. The Kier molecular flexibility index (Phi) is 3.50. The van der Waals surface area contributed by atoms with Crippen molar-refractivity contribution in [3.8, 4) is 0 Å². The molecule has 0 atom stereocenters. The maximum atomic E-state index is 11.8. The third-order valence-electron chi connectivity index (χ3n) is 3.14. The standard InChI is InChI=1S/C15H15N3O2/c19-15(7-6-13-5-3-9-20-13)17-11-14-16-10-12-4-1-2-8-18(12)14/h1-5,8-10H,6-7,11H2,(H,17,19). The number of rotatable bonds is 5. The summed E-state index contributed by atoms with van der Waals surface area (Å²) in [5, 5.41) is 2.88. The third kappa shape index (κ3) is 2.71. The first-order valence-corrected chi connectivity index (χ1v) is 6.53. The summed E-state index contributed by atoms with van der Waals surface area (Å²) in [4.78, 5) is 16.1. The lowest BCUT2D eigenvalue weighted by molar-refractivity contribution is -0.121. The number of aryl methyl sites for hydroxylation is 1. The van der Waals surface area contributed by atoms with Gasteiger partial charge in [-0.15, -0.1) is 0 Å². The molecule has 3 aromatic rings. The maximum Gasteiger partial charge on any atom is 0.220 e. The summed E-state index contributed by atoms with van der Waals surface area (Å²) in [5.74, 6) is 1.65. The largest absolute Gasteiger partial charge is 0.469 e. The lowest BCUT2D eigenvalue weighted by atomic mass is 10.2. The van der Waals surface area contributed by atoms with Crippen LogP contribution < -0.4 is 5.32 Å². The number of nitrogens with one attached hydrogen (secondary N) is 1. The maximum absolute atomic E-state index is 11.8. The zero-order valence-corrected chi connectivity index (χ0v) is 11.0. The van der Waals surface area contributed by atoms with Gasteiger partial charge in [-0.05, 0) is 24.3 Å². The molecule has 0 saturated heterocycles. The second-order valence-electron chi connectivity index (χ2n) is 4.53. The van der Waals surface area contributed by atoms with E-state index in [0.29, 0.717) is 19.4 Å². The molecule has 0 aliphatic carbocycles. The van der Waals surface area contributed by atoms with Crippen molar-refractivity contribution in [3.63, 3.8) is 0 Å². The van der Waals surface area contributed by atoms with Gasteiger partial charge >= 0.3 is 0 Å². The van der Waals surface area contributed by atoms with Crippen LogP contribution in [-0.2, 0) is 17.8 Å². The van der Waals surface area contributed by atoms with Crippen molar-refractivity contribution in [2.24, 2.45) is 0 Å². The van der Waals surface area contributed by atoms with Crippen LogP contribution >= 0.6 is 0 Å². The second-order valence-corrected chi connectivity index (χ2v) is 4.53. The Labute approximate surface area is 116 Å². The summed E-state index contributed by atoms with van der Waals surface area (Å²) in [5.41, 5.74) is 1.02. The smallest absolute Gasteiger partial charge is 0.220 e. The van der Waals surface area contributed by atoms with Gasteiger partial charge in [-0.3, -0.25) is 4.79 Å². The number of fused-ring (bicyclic) bond motifs is 1. The summed E-state index contributed by atoms with van der Waals surface area (Å²) >= 11 is 0. The molecule has 0 aliphatic heterocycles. The van der Waals surface area contributed by atoms with Crippen molar-refractivity contribution in [1.29, 1.82) is 0 Å². The van der Waals surface area contributed by atoms with Crippen LogP contribution in [0.25, 0.3) is 5.52 Å². The minimum absolute atomic E-state index is 0.00548. The zero-order valence-electron chi connectivity index (χ0n) is 11.0.